The minimum atomic E-state index is -3.56. The second kappa shape index (κ2) is 9.88. The van der Waals surface area contributed by atoms with Crippen LogP contribution in [0.15, 0.2) is 29.2 Å². The van der Waals surface area contributed by atoms with Crippen molar-refractivity contribution < 1.29 is 22.7 Å². The molecule has 8 nitrogen and oxygen atoms in total. The Hall–Kier alpha value is -1.68. The number of hydrogen-bond acceptors (Lipinski definition) is 6. The number of methoxy groups -OCH3 is 1. The van der Waals surface area contributed by atoms with Crippen LogP contribution in [0.25, 0.3) is 0 Å². The third-order valence-electron chi connectivity index (χ3n) is 5.54. The molecule has 162 valence electrons. The van der Waals surface area contributed by atoms with Gasteiger partial charge in [0.05, 0.1) is 24.2 Å². The molecule has 29 heavy (non-hydrogen) atoms. The fourth-order valence-electron chi connectivity index (χ4n) is 3.97. The standard InChI is InChI=1S/C20H31N3O5S/c1-3-28-17-5-7-18(8-6-17)29(25,26)23-11-4-10-21(13-14-23)19-9-12-22(20(19)24)15-16-27-2/h5-8,19H,3-4,9-16H2,1-2H3/t19-/m1/s1. The predicted molar refractivity (Wildman–Crippen MR) is 109 cm³/mol. The normalized spacial score (nSPS) is 22.1. The van der Waals surface area contributed by atoms with Gasteiger partial charge in [0, 0.05) is 46.4 Å². The number of carbonyl (C=O) groups is 1. The second-order valence-electron chi connectivity index (χ2n) is 7.32. The molecule has 1 atom stereocenters. The number of likely N-dealkylation sites (tertiary alicyclic amines) is 1. The first-order valence-corrected chi connectivity index (χ1v) is 11.7. The van der Waals surface area contributed by atoms with Gasteiger partial charge in [0.25, 0.3) is 0 Å². The minimum Gasteiger partial charge on any atom is -0.494 e. The SMILES string of the molecule is CCOc1ccc(S(=O)(=O)N2CCCN([C@@H]3CCN(CCOC)C3=O)CC2)cc1. The van der Waals surface area contributed by atoms with Crippen LogP contribution in [-0.4, -0.2) is 94.1 Å². The molecular formula is C20H31N3O5S. The molecule has 0 bridgehead atoms. The lowest BCUT2D eigenvalue weighted by Crippen LogP contribution is -2.44. The van der Waals surface area contributed by atoms with E-state index in [2.05, 4.69) is 4.90 Å². The Morgan fingerprint density at radius 3 is 2.52 bits per heavy atom. The molecular weight excluding hydrogens is 394 g/mol. The molecule has 0 N–H and O–H groups in total. The number of hydrogen-bond donors (Lipinski definition) is 0. The summed E-state index contributed by atoms with van der Waals surface area (Å²) in [5.41, 5.74) is 0. The molecule has 9 heteroatoms. The van der Waals surface area contributed by atoms with Crippen LogP contribution in [-0.2, 0) is 19.6 Å². The summed E-state index contributed by atoms with van der Waals surface area (Å²) in [6, 6.07) is 6.41. The zero-order chi connectivity index (χ0) is 20.9. The molecule has 0 radical (unpaired) electrons. The maximum atomic E-state index is 13.0. The average molecular weight is 426 g/mol. The van der Waals surface area contributed by atoms with Crippen molar-refractivity contribution in [2.75, 3.05) is 59.6 Å². The molecule has 1 amide bonds. The summed E-state index contributed by atoms with van der Waals surface area (Å²) in [5, 5.41) is 0. The molecule has 2 aliphatic rings. The van der Waals surface area contributed by atoms with Crippen molar-refractivity contribution in [3.63, 3.8) is 0 Å². The molecule has 0 aliphatic carbocycles. The highest BCUT2D eigenvalue weighted by molar-refractivity contribution is 7.89. The number of ether oxygens (including phenoxy) is 2. The van der Waals surface area contributed by atoms with Crippen LogP contribution in [0.5, 0.6) is 5.75 Å². The summed E-state index contributed by atoms with van der Waals surface area (Å²) in [5.74, 6) is 0.788. The van der Waals surface area contributed by atoms with E-state index in [0.29, 0.717) is 51.6 Å². The number of rotatable bonds is 8. The van der Waals surface area contributed by atoms with E-state index in [0.717, 1.165) is 19.5 Å². The molecule has 0 saturated carbocycles. The first-order chi connectivity index (χ1) is 14.0. The maximum absolute atomic E-state index is 13.0. The molecule has 0 unspecified atom stereocenters. The Morgan fingerprint density at radius 1 is 1.07 bits per heavy atom. The Bertz CT molecular complexity index is 784. The van der Waals surface area contributed by atoms with E-state index in [1.807, 2.05) is 11.8 Å². The van der Waals surface area contributed by atoms with Gasteiger partial charge in [0.1, 0.15) is 5.75 Å². The molecule has 1 aromatic rings. The quantitative estimate of drug-likeness (QED) is 0.619. The summed E-state index contributed by atoms with van der Waals surface area (Å²) < 4.78 is 38.1. The van der Waals surface area contributed by atoms with Gasteiger partial charge in [0.15, 0.2) is 0 Å². The van der Waals surface area contributed by atoms with Crippen molar-refractivity contribution in [2.45, 2.75) is 30.7 Å². The van der Waals surface area contributed by atoms with Gasteiger partial charge < -0.3 is 14.4 Å². The van der Waals surface area contributed by atoms with Crippen LogP contribution < -0.4 is 4.74 Å². The van der Waals surface area contributed by atoms with Gasteiger partial charge in [-0.05, 0) is 44.0 Å². The lowest BCUT2D eigenvalue weighted by Gasteiger charge is -2.26. The van der Waals surface area contributed by atoms with Gasteiger partial charge in [0.2, 0.25) is 15.9 Å². The van der Waals surface area contributed by atoms with Gasteiger partial charge in [-0.3, -0.25) is 9.69 Å². The lowest BCUT2D eigenvalue weighted by molar-refractivity contribution is -0.132. The second-order valence-corrected chi connectivity index (χ2v) is 9.26. The zero-order valence-electron chi connectivity index (χ0n) is 17.2. The summed E-state index contributed by atoms with van der Waals surface area (Å²) in [6.45, 7) is 6.44. The molecule has 2 saturated heterocycles. The molecule has 0 spiro atoms. The number of nitrogens with zero attached hydrogens (tertiary/aromatic N) is 3. The van der Waals surface area contributed by atoms with Crippen molar-refractivity contribution in [1.82, 2.24) is 14.1 Å². The van der Waals surface area contributed by atoms with Gasteiger partial charge >= 0.3 is 0 Å². The van der Waals surface area contributed by atoms with Gasteiger partial charge in [-0.25, -0.2) is 8.42 Å². The van der Waals surface area contributed by atoms with Gasteiger partial charge in [-0.15, -0.1) is 0 Å². The summed E-state index contributed by atoms with van der Waals surface area (Å²) >= 11 is 0. The topological polar surface area (TPSA) is 79.4 Å². The number of carbonyl (C=O) groups excluding carboxylic acids is 1. The molecule has 2 fully saturated rings. The Balaban J connectivity index is 1.62. The average Bonchev–Trinajstić information content (AvgIpc) is 2.92. The summed E-state index contributed by atoms with van der Waals surface area (Å²) in [7, 11) is -1.93. The molecule has 0 aromatic heterocycles. The van der Waals surface area contributed by atoms with Crippen molar-refractivity contribution >= 4 is 15.9 Å². The molecule has 2 aliphatic heterocycles. The lowest BCUT2D eigenvalue weighted by atomic mass is 10.2. The summed E-state index contributed by atoms with van der Waals surface area (Å²) in [6.07, 6.45) is 1.49. The van der Waals surface area contributed by atoms with Gasteiger partial charge in [-0.2, -0.15) is 4.31 Å². The van der Waals surface area contributed by atoms with E-state index in [4.69, 9.17) is 9.47 Å². The number of sulfonamides is 1. The largest absolute Gasteiger partial charge is 0.494 e. The van der Waals surface area contributed by atoms with Crippen LogP contribution in [0.3, 0.4) is 0 Å². The predicted octanol–water partition coefficient (Wildman–Crippen LogP) is 1.03. The van der Waals surface area contributed by atoms with E-state index < -0.39 is 10.0 Å². The van der Waals surface area contributed by atoms with Crippen molar-refractivity contribution in [3.8, 4) is 5.75 Å². The van der Waals surface area contributed by atoms with E-state index in [1.165, 1.54) is 4.31 Å². The molecule has 3 rings (SSSR count). The first kappa shape index (κ1) is 22.0. The molecule has 2 heterocycles. The monoisotopic (exact) mass is 425 g/mol. The van der Waals surface area contributed by atoms with Crippen LogP contribution in [0.4, 0.5) is 0 Å². The van der Waals surface area contributed by atoms with E-state index in [9.17, 15) is 13.2 Å². The Kier molecular flexibility index (Phi) is 7.50. The zero-order valence-corrected chi connectivity index (χ0v) is 18.1. The highest BCUT2D eigenvalue weighted by atomic mass is 32.2. The maximum Gasteiger partial charge on any atom is 0.243 e. The van der Waals surface area contributed by atoms with Crippen molar-refractivity contribution in [2.24, 2.45) is 0 Å². The van der Waals surface area contributed by atoms with Gasteiger partial charge in [-0.1, -0.05) is 0 Å². The minimum absolute atomic E-state index is 0.130. The number of benzene rings is 1. The van der Waals surface area contributed by atoms with E-state index >= 15 is 0 Å². The van der Waals surface area contributed by atoms with Crippen molar-refractivity contribution in [3.05, 3.63) is 24.3 Å². The van der Waals surface area contributed by atoms with Crippen LogP contribution in [0.1, 0.15) is 19.8 Å². The highest BCUT2D eigenvalue weighted by Gasteiger charge is 2.37. The van der Waals surface area contributed by atoms with Crippen LogP contribution in [0, 0.1) is 0 Å². The van der Waals surface area contributed by atoms with Crippen LogP contribution in [0.2, 0.25) is 0 Å². The first-order valence-electron chi connectivity index (χ1n) is 10.2. The third kappa shape index (κ3) is 5.09. The highest BCUT2D eigenvalue weighted by Crippen LogP contribution is 2.23. The third-order valence-corrected chi connectivity index (χ3v) is 7.45. The van der Waals surface area contributed by atoms with E-state index in [-0.39, 0.29) is 16.8 Å². The Labute approximate surface area is 173 Å². The van der Waals surface area contributed by atoms with Crippen molar-refractivity contribution in [1.29, 1.82) is 0 Å². The molecule has 1 aromatic carbocycles. The Morgan fingerprint density at radius 2 is 1.83 bits per heavy atom. The fraction of sp³-hybridized carbons (Fsp3) is 0.650. The fourth-order valence-corrected chi connectivity index (χ4v) is 5.44. The smallest absolute Gasteiger partial charge is 0.243 e. The van der Waals surface area contributed by atoms with E-state index in [1.54, 1.807) is 31.4 Å². The van der Waals surface area contributed by atoms with Crippen LogP contribution >= 0.6 is 0 Å². The summed E-state index contributed by atoms with van der Waals surface area (Å²) in [4.78, 5) is 17.0. The number of amides is 1.